The lowest BCUT2D eigenvalue weighted by Crippen LogP contribution is -2.28. The van der Waals surface area contributed by atoms with Gasteiger partial charge < -0.3 is 9.84 Å². The van der Waals surface area contributed by atoms with Crippen LogP contribution < -0.4 is 4.74 Å². The minimum atomic E-state index is -0.777. The molecular weight excluding hydrogens is 276 g/mol. The van der Waals surface area contributed by atoms with Gasteiger partial charge in [-0.2, -0.15) is 0 Å². The molecule has 0 spiro atoms. The van der Waals surface area contributed by atoms with Gasteiger partial charge >= 0.3 is 5.97 Å². The standard InChI is InChI=1S/C16H23ClO3/c1-6-15(2,3)14(19)20-12-9-7-11(8-10-12)13(18)16(4,5)17/h7-10,13,18H,6H2,1-5H3. The summed E-state index contributed by atoms with van der Waals surface area (Å²) in [7, 11) is 0. The van der Waals surface area contributed by atoms with E-state index < -0.39 is 16.4 Å². The normalized spacial score (nSPS) is 13.9. The number of hydrogen-bond donors (Lipinski definition) is 1. The summed E-state index contributed by atoms with van der Waals surface area (Å²) in [6.07, 6.45) is -0.0655. The van der Waals surface area contributed by atoms with Crippen LogP contribution >= 0.6 is 11.6 Å². The van der Waals surface area contributed by atoms with E-state index in [-0.39, 0.29) is 5.97 Å². The van der Waals surface area contributed by atoms with E-state index in [0.29, 0.717) is 17.7 Å². The Labute approximate surface area is 125 Å². The summed E-state index contributed by atoms with van der Waals surface area (Å²) in [5, 5.41) is 10.1. The van der Waals surface area contributed by atoms with Crippen molar-refractivity contribution in [3.8, 4) is 5.75 Å². The first kappa shape index (κ1) is 17.0. The Morgan fingerprint density at radius 2 is 1.75 bits per heavy atom. The van der Waals surface area contributed by atoms with Crippen LogP contribution in [-0.2, 0) is 4.79 Å². The van der Waals surface area contributed by atoms with E-state index in [4.69, 9.17) is 16.3 Å². The molecule has 3 nitrogen and oxygen atoms in total. The number of halogens is 1. The second kappa shape index (κ2) is 6.15. The number of ether oxygens (including phenoxy) is 1. The van der Waals surface area contributed by atoms with E-state index >= 15 is 0 Å². The molecule has 4 heteroatoms. The van der Waals surface area contributed by atoms with Crippen LogP contribution in [-0.4, -0.2) is 16.0 Å². The molecule has 1 rings (SSSR count). The molecule has 0 bridgehead atoms. The molecule has 0 aliphatic rings. The summed E-state index contributed by atoms with van der Waals surface area (Å²) in [5.74, 6) is 0.214. The third-order valence-electron chi connectivity index (χ3n) is 3.49. The first-order valence-electron chi connectivity index (χ1n) is 6.77. The van der Waals surface area contributed by atoms with E-state index in [1.807, 2.05) is 20.8 Å². The zero-order valence-corrected chi connectivity index (χ0v) is 13.5. The number of aliphatic hydroxyl groups is 1. The van der Waals surface area contributed by atoms with Crippen LogP contribution in [0.15, 0.2) is 24.3 Å². The van der Waals surface area contributed by atoms with Crippen molar-refractivity contribution in [1.82, 2.24) is 0 Å². The number of esters is 1. The molecule has 0 saturated carbocycles. The van der Waals surface area contributed by atoms with Crippen molar-refractivity contribution in [1.29, 1.82) is 0 Å². The zero-order chi connectivity index (χ0) is 15.6. The van der Waals surface area contributed by atoms with Gasteiger partial charge in [0, 0.05) is 0 Å². The van der Waals surface area contributed by atoms with Crippen molar-refractivity contribution in [2.75, 3.05) is 0 Å². The van der Waals surface area contributed by atoms with E-state index in [1.165, 1.54) is 0 Å². The van der Waals surface area contributed by atoms with Gasteiger partial charge in [-0.15, -0.1) is 11.6 Å². The second-order valence-electron chi connectivity index (χ2n) is 6.16. The fourth-order valence-electron chi connectivity index (χ4n) is 1.50. The van der Waals surface area contributed by atoms with Crippen molar-refractivity contribution < 1.29 is 14.6 Å². The Morgan fingerprint density at radius 3 is 2.15 bits per heavy atom. The van der Waals surface area contributed by atoms with Crippen LogP contribution in [0.2, 0.25) is 0 Å². The van der Waals surface area contributed by atoms with Crippen LogP contribution in [0.1, 0.15) is 52.7 Å². The van der Waals surface area contributed by atoms with Crippen LogP contribution in [0.4, 0.5) is 0 Å². The van der Waals surface area contributed by atoms with Crippen LogP contribution in [0.25, 0.3) is 0 Å². The lowest BCUT2D eigenvalue weighted by Gasteiger charge is -2.24. The van der Waals surface area contributed by atoms with Crippen molar-refractivity contribution in [2.45, 2.75) is 52.0 Å². The zero-order valence-electron chi connectivity index (χ0n) is 12.7. The van der Waals surface area contributed by atoms with Gasteiger partial charge in [0.25, 0.3) is 0 Å². The molecule has 0 aliphatic carbocycles. The summed E-state index contributed by atoms with van der Waals surface area (Å²) >= 11 is 6.09. The maximum atomic E-state index is 12.0. The minimum absolute atomic E-state index is 0.258. The molecule has 0 fully saturated rings. The van der Waals surface area contributed by atoms with Gasteiger partial charge in [-0.3, -0.25) is 4.79 Å². The van der Waals surface area contributed by atoms with E-state index in [2.05, 4.69) is 0 Å². The number of aliphatic hydroxyl groups excluding tert-OH is 1. The highest BCUT2D eigenvalue weighted by Gasteiger charge is 2.28. The predicted molar refractivity (Wildman–Crippen MR) is 81.0 cm³/mol. The van der Waals surface area contributed by atoms with Gasteiger partial charge in [0.2, 0.25) is 0 Å². The predicted octanol–water partition coefficient (Wildman–Crippen LogP) is 4.08. The summed E-state index contributed by atoms with van der Waals surface area (Å²) in [5.41, 5.74) is 0.190. The van der Waals surface area contributed by atoms with E-state index in [9.17, 15) is 9.90 Å². The fourth-order valence-corrected chi connectivity index (χ4v) is 1.63. The Morgan fingerprint density at radius 1 is 1.25 bits per heavy atom. The molecule has 1 N–H and O–H groups in total. The number of benzene rings is 1. The van der Waals surface area contributed by atoms with Crippen LogP contribution in [0.5, 0.6) is 5.75 Å². The molecule has 0 radical (unpaired) electrons. The second-order valence-corrected chi connectivity index (χ2v) is 7.14. The third-order valence-corrected chi connectivity index (χ3v) is 3.70. The molecule has 1 aromatic rings. The highest BCUT2D eigenvalue weighted by molar-refractivity contribution is 6.23. The van der Waals surface area contributed by atoms with Gasteiger partial charge in [-0.05, 0) is 51.8 Å². The topological polar surface area (TPSA) is 46.5 Å². The highest BCUT2D eigenvalue weighted by atomic mass is 35.5. The molecule has 1 atom stereocenters. The molecule has 0 aromatic heterocycles. The summed E-state index contributed by atoms with van der Waals surface area (Å²) in [6, 6.07) is 6.78. The largest absolute Gasteiger partial charge is 0.426 e. The monoisotopic (exact) mass is 298 g/mol. The molecule has 1 aromatic carbocycles. The molecule has 0 aliphatic heterocycles. The van der Waals surface area contributed by atoms with Gasteiger partial charge in [-0.25, -0.2) is 0 Å². The minimum Gasteiger partial charge on any atom is -0.426 e. The van der Waals surface area contributed by atoms with Crippen LogP contribution in [0, 0.1) is 5.41 Å². The Hall–Kier alpha value is -1.06. The Balaban J connectivity index is 2.80. The van der Waals surface area contributed by atoms with Crippen molar-refractivity contribution >= 4 is 17.6 Å². The SMILES string of the molecule is CCC(C)(C)C(=O)Oc1ccc(C(O)C(C)(C)Cl)cc1. The quantitative estimate of drug-likeness (QED) is 0.506. The summed E-state index contributed by atoms with van der Waals surface area (Å²) < 4.78 is 5.34. The van der Waals surface area contributed by atoms with Crippen molar-refractivity contribution in [3.05, 3.63) is 29.8 Å². The first-order valence-corrected chi connectivity index (χ1v) is 7.15. The molecule has 0 saturated heterocycles. The maximum Gasteiger partial charge on any atom is 0.316 e. The molecule has 112 valence electrons. The third kappa shape index (κ3) is 4.22. The number of carbonyl (C=O) groups excluding carboxylic acids is 1. The average Bonchev–Trinajstić information content (AvgIpc) is 2.37. The van der Waals surface area contributed by atoms with Crippen molar-refractivity contribution in [3.63, 3.8) is 0 Å². The van der Waals surface area contributed by atoms with E-state index in [0.717, 1.165) is 0 Å². The number of hydrogen-bond acceptors (Lipinski definition) is 3. The lowest BCUT2D eigenvalue weighted by molar-refractivity contribution is -0.144. The van der Waals surface area contributed by atoms with E-state index in [1.54, 1.807) is 38.1 Å². The summed E-state index contributed by atoms with van der Waals surface area (Å²) in [4.78, 5) is 11.2. The lowest BCUT2D eigenvalue weighted by atomic mass is 9.91. The molecule has 1 unspecified atom stereocenters. The van der Waals surface area contributed by atoms with Gasteiger partial charge in [-0.1, -0.05) is 19.1 Å². The number of alkyl halides is 1. The van der Waals surface area contributed by atoms with Crippen molar-refractivity contribution in [2.24, 2.45) is 5.41 Å². The average molecular weight is 299 g/mol. The van der Waals surface area contributed by atoms with Gasteiger partial charge in [0.1, 0.15) is 5.75 Å². The number of rotatable bonds is 5. The molecule has 0 amide bonds. The first-order chi connectivity index (χ1) is 9.08. The maximum absolute atomic E-state index is 12.0. The molecule has 20 heavy (non-hydrogen) atoms. The summed E-state index contributed by atoms with van der Waals surface area (Å²) in [6.45, 7) is 9.14. The Kier molecular flexibility index (Phi) is 5.22. The molecular formula is C16H23ClO3. The fraction of sp³-hybridized carbons (Fsp3) is 0.562. The highest BCUT2D eigenvalue weighted by Crippen LogP contribution is 2.32. The number of carbonyl (C=O) groups is 1. The van der Waals surface area contributed by atoms with Gasteiger partial charge in [0.05, 0.1) is 16.4 Å². The Bertz CT molecular complexity index is 458. The smallest absolute Gasteiger partial charge is 0.316 e. The van der Waals surface area contributed by atoms with Crippen LogP contribution in [0.3, 0.4) is 0 Å². The van der Waals surface area contributed by atoms with Gasteiger partial charge in [0.15, 0.2) is 0 Å². The molecule has 0 heterocycles.